The van der Waals surface area contributed by atoms with Crippen molar-refractivity contribution in [1.29, 1.82) is 0 Å². The molecular weight excluding hydrogens is 279 g/mol. The quantitative estimate of drug-likeness (QED) is 0.893. The normalized spacial score (nSPS) is 25.0. The lowest BCUT2D eigenvalue weighted by molar-refractivity contribution is -0.186. The third-order valence-corrected chi connectivity index (χ3v) is 4.45. The van der Waals surface area contributed by atoms with Gasteiger partial charge in [0.2, 0.25) is 0 Å². The van der Waals surface area contributed by atoms with E-state index >= 15 is 0 Å². The number of halogens is 3. The summed E-state index contributed by atoms with van der Waals surface area (Å²) in [6.07, 6.45) is 2.49. The van der Waals surface area contributed by atoms with Crippen LogP contribution in [0.3, 0.4) is 0 Å². The monoisotopic (exact) mass is 303 g/mol. The summed E-state index contributed by atoms with van der Waals surface area (Å²) in [7, 11) is 1.81. The van der Waals surface area contributed by atoms with E-state index in [1.54, 1.807) is 6.20 Å². The van der Waals surface area contributed by atoms with Crippen LogP contribution in [0.4, 0.5) is 13.2 Å². The van der Waals surface area contributed by atoms with Gasteiger partial charge in [0.15, 0.2) is 0 Å². The van der Waals surface area contributed by atoms with E-state index < -0.39 is 12.1 Å². The first kappa shape index (κ1) is 16.3. The standard InChI is InChI=1S/C15H24F3N3/c1-3-8-21-9-7-20-14(21)13(19-2)11-5-4-6-12(10-11)15(16,17)18/h7,9,11-13,19H,3-6,8,10H2,1-2H3. The molecule has 3 unspecified atom stereocenters. The number of hydrogen-bond acceptors (Lipinski definition) is 2. The Balaban J connectivity index is 2.15. The maximum atomic E-state index is 13.0. The summed E-state index contributed by atoms with van der Waals surface area (Å²) in [5.41, 5.74) is 0. The molecule has 1 heterocycles. The average Bonchev–Trinajstić information content (AvgIpc) is 2.88. The molecule has 2 rings (SSSR count). The molecule has 0 aliphatic heterocycles. The van der Waals surface area contributed by atoms with E-state index in [-0.39, 0.29) is 24.8 Å². The Morgan fingerprint density at radius 1 is 1.43 bits per heavy atom. The third kappa shape index (κ3) is 3.78. The molecule has 0 amide bonds. The van der Waals surface area contributed by atoms with Crippen molar-refractivity contribution < 1.29 is 13.2 Å². The van der Waals surface area contributed by atoms with Crippen LogP contribution in [0.1, 0.15) is 50.9 Å². The van der Waals surface area contributed by atoms with E-state index in [1.807, 2.05) is 13.2 Å². The van der Waals surface area contributed by atoms with Crippen LogP contribution in [-0.4, -0.2) is 22.8 Å². The first-order chi connectivity index (χ1) is 9.97. The molecule has 21 heavy (non-hydrogen) atoms. The molecule has 1 aliphatic carbocycles. The van der Waals surface area contributed by atoms with Crippen molar-refractivity contribution >= 4 is 0 Å². The SMILES string of the molecule is CCCn1ccnc1C(NC)C1CCCC(C(F)(F)F)C1. The third-order valence-electron chi connectivity index (χ3n) is 4.45. The number of aromatic nitrogens is 2. The molecule has 3 nitrogen and oxygen atoms in total. The Bertz CT molecular complexity index is 442. The van der Waals surface area contributed by atoms with Gasteiger partial charge < -0.3 is 9.88 Å². The van der Waals surface area contributed by atoms with Crippen molar-refractivity contribution in [3.8, 4) is 0 Å². The molecule has 1 saturated carbocycles. The Hall–Kier alpha value is -1.04. The highest BCUT2D eigenvalue weighted by Crippen LogP contribution is 2.43. The Morgan fingerprint density at radius 3 is 2.81 bits per heavy atom. The summed E-state index contributed by atoms with van der Waals surface area (Å²) >= 11 is 0. The lowest BCUT2D eigenvalue weighted by atomic mass is 9.77. The first-order valence-electron chi connectivity index (χ1n) is 7.72. The van der Waals surface area contributed by atoms with E-state index in [4.69, 9.17) is 0 Å². The van der Waals surface area contributed by atoms with Crippen molar-refractivity contribution in [2.45, 2.75) is 57.8 Å². The number of alkyl halides is 3. The molecule has 1 N–H and O–H groups in total. The molecule has 1 aromatic heterocycles. The lowest BCUT2D eigenvalue weighted by Crippen LogP contribution is -2.35. The fourth-order valence-electron chi connectivity index (χ4n) is 3.43. The highest BCUT2D eigenvalue weighted by atomic mass is 19.4. The van der Waals surface area contributed by atoms with Crippen LogP contribution >= 0.6 is 0 Å². The van der Waals surface area contributed by atoms with Gasteiger partial charge in [0.1, 0.15) is 5.82 Å². The zero-order chi connectivity index (χ0) is 15.5. The van der Waals surface area contributed by atoms with Gasteiger partial charge in [0.25, 0.3) is 0 Å². The van der Waals surface area contributed by atoms with Gasteiger partial charge >= 0.3 is 6.18 Å². The average molecular weight is 303 g/mol. The van der Waals surface area contributed by atoms with E-state index in [9.17, 15) is 13.2 Å². The smallest absolute Gasteiger partial charge is 0.334 e. The van der Waals surface area contributed by atoms with Crippen LogP contribution in [0.25, 0.3) is 0 Å². The number of rotatable bonds is 5. The highest BCUT2D eigenvalue weighted by molar-refractivity contribution is 5.03. The fourth-order valence-corrected chi connectivity index (χ4v) is 3.43. The highest BCUT2D eigenvalue weighted by Gasteiger charge is 2.44. The molecule has 1 aliphatic rings. The summed E-state index contributed by atoms with van der Waals surface area (Å²) in [6, 6.07) is -0.100. The molecule has 3 atom stereocenters. The maximum absolute atomic E-state index is 13.0. The summed E-state index contributed by atoms with van der Waals surface area (Å²) < 4.78 is 41.0. The van der Waals surface area contributed by atoms with E-state index in [2.05, 4.69) is 21.8 Å². The van der Waals surface area contributed by atoms with Crippen molar-refractivity contribution in [2.75, 3.05) is 7.05 Å². The van der Waals surface area contributed by atoms with Gasteiger partial charge in [-0.05, 0) is 38.6 Å². The van der Waals surface area contributed by atoms with Crippen molar-refractivity contribution in [1.82, 2.24) is 14.9 Å². The Morgan fingerprint density at radius 2 is 2.19 bits per heavy atom. The van der Waals surface area contributed by atoms with Gasteiger partial charge in [-0.3, -0.25) is 0 Å². The number of hydrogen-bond donors (Lipinski definition) is 1. The van der Waals surface area contributed by atoms with Crippen LogP contribution in [0.2, 0.25) is 0 Å². The van der Waals surface area contributed by atoms with Crippen LogP contribution in [0.15, 0.2) is 12.4 Å². The molecule has 1 fully saturated rings. The zero-order valence-electron chi connectivity index (χ0n) is 12.7. The van der Waals surface area contributed by atoms with Gasteiger partial charge in [-0.2, -0.15) is 13.2 Å². The molecule has 0 aromatic carbocycles. The van der Waals surface area contributed by atoms with Gasteiger partial charge in [0.05, 0.1) is 12.0 Å². The fraction of sp³-hybridized carbons (Fsp3) is 0.800. The summed E-state index contributed by atoms with van der Waals surface area (Å²) in [6.45, 7) is 2.93. The molecule has 1 aromatic rings. The van der Waals surface area contributed by atoms with Crippen molar-refractivity contribution in [2.24, 2.45) is 11.8 Å². The first-order valence-corrected chi connectivity index (χ1v) is 7.72. The second-order valence-electron chi connectivity index (χ2n) is 5.91. The molecule has 120 valence electrons. The van der Waals surface area contributed by atoms with Gasteiger partial charge in [0, 0.05) is 18.9 Å². The molecule has 0 saturated heterocycles. The van der Waals surface area contributed by atoms with E-state index in [1.165, 1.54) is 0 Å². The van der Waals surface area contributed by atoms with Gasteiger partial charge in [-0.1, -0.05) is 13.3 Å². The lowest BCUT2D eigenvalue weighted by Gasteiger charge is -2.35. The number of aryl methyl sites for hydroxylation is 1. The maximum Gasteiger partial charge on any atom is 0.391 e. The molecule has 0 radical (unpaired) electrons. The summed E-state index contributed by atoms with van der Waals surface area (Å²) in [5.74, 6) is -0.303. The minimum absolute atomic E-state index is 0.00613. The predicted molar refractivity (Wildman–Crippen MR) is 75.8 cm³/mol. The number of nitrogens with one attached hydrogen (secondary N) is 1. The Labute approximate surface area is 123 Å². The minimum atomic E-state index is -4.07. The van der Waals surface area contributed by atoms with Crippen molar-refractivity contribution in [3.05, 3.63) is 18.2 Å². The minimum Gasteiger partial charge on any atom is -0.334 e. The van der Waals surface area contributed by atoms with Gasteiger partial charge in [-0.25, -0.2) is 4.98 Å². The van der Waals surface area contributed by atoms with Crippen LogP contribution in [0, 0.1) is 11.8 Å². The van der Waals surface area contributed by atoms with Crippen LogP contribution < -0.4 is 5.32 Å². The topological polar surface area (TPSA) is 29.9 Å². The van der Waals surface area contributed by atoms with E-state index in [0.717, 1.165) is 25.2 Å². The molecule has 0 spiro atoms. The van der Waals surface area contributed by atoms with Crippen molar-refractivity contribution in [3.63, 3.8) is 0 Å². The molecule has 6 heteroatoms. The van der Waals surface area contributed by atoms with Crippen LogP contribution in [-0.2, 0) is 6.54 Å². The largest absolute Gasteiger partial charge is 0.391 e. The molecular formula is C15H24F3N3. The van der Waals surface area contributed by atoms with Crippen LogP contribution in [0.5, 0.6) is 0 Å². The molecule has 0 bridgehead atoms. The summed E-state index contributed by atoms with van der Waals surface area (Å²) in [4.78, 5) is 4.39. The second-order valence-corrected chi connectivity index (χ2v) is 5.91. The number of nitrogens with zero attached hydrogens (tertiary/aromatic N) is 2. The second kappa shape index (κ2) is 6.81. The Kier molecular flexibility index (Phi) is 5.30. The number of imidazole rings is 1. The van der Waals surface area contributed by atoms with E-state index in [0.29, 0.717) is 6.42 Å². The summed E-state index contributed by atoms with van der Waals surface area (Å²) in [5, 5.41) is 3.19. The zero-order valence-corrected chi connectivity index (χ0v) is 12.7. The van der Waals surface area contributed by atoms with Gasteiger partial charge in [-0.15, -0.1) is 0 Å². The predicted octanol–water partition coefficient (Wildman–Crippen LogP) is 3.92.